The third kappa shape index (κ3) is 7.66. The van der Waals surface area contributed by atoms with Gasteiger partial charge in [-0.2, -0.15) is 26.3 Å². The largest absolute Gasteiger partial charge is 0.493 e. The van der Waals surface area contributed by atoms with Gasteiger partial charge in [-0.15, -0.1) is 0 Å². The molecule has 3 rings (SSSR count). The van der Waals surface area contributed by atoms with Crippen LogP contribution >= 0.6 is 0 Å². The molecule has 0 fully saturated rings. The Labute approximate surface area is 216 Å². The zero-order valence-electron chi connectivity index (χ0n) is 20.8. The lowest BCUT2D eigenvalue weighted by Gasteiger charge is -2.24. The molecule has 0 spiro atoms. The molecular formula is C28H27F6NO3. The summed E-state index contributed by atoms with van der Waals surface area (Å²) in [6, 6.07) is 15.3. The highest BCUT2D eigenvalue weighted by atomic mass is 19.4. The van der Waals surface area contributed by atoms with Gasteiger partial charge in [0.1, 0.15) is 6.61 Å². The number of carbonyl (C=O) groups excluding carboxylic acids is 1. The van der Waals surface area contributed by atoms with Crippen molar-refractivity contribution >= 4 is 5.91 Å². The average molecular weight is 540 g/mol. The molecule has 3 aromatic carbocycles. The lowest BCUT2D eigenvalue weighted by atomic mass is 10.0. The Morgan fingerprint density at radius 2 is 1.45 bits per heavy atom. The fourth-order valence-corrected chi connectivity index (χ4v) is 3.75. The molecule has 3 aromatic rings. The molecule has 0 saturated heterocycles. The van der Waals surface area contributed by atoms with Crippen LogP contribution in [0.5, 0.6) is 11.5 Å². The number of benzene rings is 3. The predicted molar refractivity (Wildman–Crippen MR) is 130 cm³/mol. The van der Waals surface area contributed by atoms with Crippen molar-refractivity contribution in [2.45, 2.75) is 45.3 Å². The molecule has 0 heterocycles. The monoisotopic (exact) mass is 539 g/mol. The molecule has 1 amide bonds. The van der Waals surface area contributed by atoms with E-state index in [1.807, 2.05) is 37.3 Å². The first-order valence-electron chi connectivity index (χ1n) is 11.8. The topological polar surface area (TPSA) is 38.8 Å². The Bertz CT molecular complexity index is 1190. The summed E-state index contributed by atoms with van der Waals surface area (Å²) in [5, 5.41) is 0. The van der Waals surface area contributed by atoms with Gasteiger partial charge in [-0.1, -0.05) is 49.7 Å². The van der Waals surface area contributed by atoms with Crippen LogP contribution < -0.4 is 9.47 Å². The standard InChI is InChI=1S/C28H27F6NO3/c1-3-4-12-35(26(36)21-14-22(27(29,30)31)16-23(15-21)28(32,33)34)17-20-10-11-24(25(13-20)37-2)38-18-19-8-6-5-7-9-19/h5-11,13-16H,3-4,12,17-18H2,1-2H3. The second kappa shape index (κ2) is 12.2. The van der Waals surface area contributed by atoms with Gasteiger partial charge in [-0.25, -0.2) is 0 Å². The van der Waals surface area contributed by atoms with Crippen molar-refractivity contribution in [3.8, 4) is 11.5 Å². The van der Waals surface area contributed by atoms with Gasteiger partial charge >= 0.3 is 12.4 Å². The van der Waals surface area contributed by atoms with E-state index in [9.17, 15) is 31.1 Å². The van der Waals surface area contributed by atoms with E-state index in [-0.39, 0.29) is 25.8 Å². The van der Waals surface area contributed by atoms with Crippen LogP contribution in [0.15, 0.2) is 66.7 Å². The van der Waals surface area contributed by atoms with Crippen molar-refractivity contribution in [2.24, 2.45) is 0 Å². The highest BCUT2D eigenvalue weighted by Gasteiger charge is 2.38. The fourth-order valence-electron chi connectivity index (χ4n) is 3.75. The Hall–Kier alpha value is -3.69. The minimum atomic E-state index is -5.05. The second-order valence-electron chi connectivity index (χ2n) is 8.63. The molecule has 0 aliphatic carbocycles. The molecule has 38 heavy (non-hydrogen) atoms. The molecular weight excluding hydrogens is 512 g/mol. The number of ether oxygens (including phenoxy) is 2. The van der Waals surface area contributed by atoms with E-state index < -0.39 is 35.0 Å². The first kappa shape index (κ1) is 28.9. The molecule has 0 atom stereocenters. The third-order valence-corrected chi connectivity index (χ3v) is 5.74. The predicted octanol–water partition coefficient (Wildman–Crippen LogP) is 7.75. The maximum atomic E-state index is 13.3. The number of nitrogens with zero attached hydrogens (tertiary/aromatic N) is 1. The SMILES string of the molecule is CCCCN(Cc1ccc(OCc2ccccc2)c(OC)c1)C(=O)c1cc(C(F)(F)F)cc(C(F)(F)F)c1. The smallest absolute Gasteiger partial charge is 0.416 e. The van der Waals surface area contributed by atoms with E-state index in [1.54, 1.807) is 18.2 Å². The van der Waals surface area contributed by atoms with E-state index in [0.29, 0.717) is 42.0 Å². The van der Waals surface area contributed by atoms with Crippen LogP contribution in [-0.4, -0.2) is 24.5 Å². The third-order valence-electron chi connectivity index (χ3n) is 5.74. The average Bonchev–Trinajstić information content (AvgIpc) is 2.89. The number of amides is 1. The van der Waals surface area contributed by atoms with Gasteiger partial charge in [0.2, 0.25) is 0 Å². The van der Waals surface area contributed by atoms with Gasteiger partial charge in [-0.05, 0) is 47.9 Å². The van der Waals surface area contributed by atoms with Crippen molar-refractivity contribution in [3.05, 3.63) is 94.5 Å². The van der Waals surface area contributed by atoms with Crippen LogP contribution in [0.2, 0.25) is 0 Å². The summed E-state index contributed by atoms with van der Waals surface area (Å²) in [5.74, 6) is -0.114. The highest BCUT2D eigenvalue weighted by Crippen LogP contribution is 2.37. The zero-order chi connectivity index (χ0) is 27.9. The number of halogens is 6. The van der Waals surface area contributed by atoms with Crippen molar-refractivity contribution in [3.63, 3.8) is 0 Å². The molecule has 0 unspecified atom stereocenters. The van der Waals surface area contributed by atoms with Gasteiger partial charge in [0.05, 0.1) is 18.2 Å². The molecule has 0 aliphatic heterocycles. The van der Waals surface area contributed by atoms with Crippen LogP contribution in [0.25, 0.3) is 0 Å². The Morgan fingerprint density at radius 1 is 0.816 bits per heavy atom. The molecule has 0 radical (unpaired) electrons. The van der Waals surface area contributed by atoms with Crippen LogP contribution in [0.4, 0.5) is 26.3 Å². The minimum absolute atomic E-state index is 0.00615. The molecule has 204 valence electrons. The maximum absolute atomic E-state index is 13.3. The van der Waals surface area contributed by atoms with Crippen molar-refractivity contribution < 1.29 is 40.6 Å². The van der Waals surface area contributed by atoms with Crippen molar-refractivity contribution in [1.29, 1.82) is 0 Å². The van der Waals surface area contributed by atoms with Gasteiger partial charge in [-0.3, -0.25) is 4.79 Å². The van der Waals surface area contributed by atoms with E-state index in [4.69, 9.17) is 9.47 Å². The van der Waals surface area contributed by atoms with Crippen LogP contribution in [0, 0.1) is 0 Å². The first-order valence-corrected chi connectivity index (χ1v) is 11.8. The lowest BCUT2D eigenvalue weighted by molar-refractivity contribution is -0.143. The van der Waals surface area contributed by atoms with Gasteiger partial charge in [0.15, 0.2) is 11.5 Å². The summed E-state index contributed by atoms with van der Waals surface area (Å²) in [6.45, 7) is 2.23. The van der Waals surface area contributed by atoms with Crippen molar-refractivity contribution in [1.82, 2.24) is 4.90 Å². The summed E-state index contributed by atoms with van der Waals surface area (Å²) in [5.41, 5.74) is -2.24. The van der Waals surface area contributed by atoms with Gasteiger partial charge in [0.25, 0.3) is 5.91 Å². The first-order chi connectivity index (χ1) is 17.9. The molecule has 4 nitrogen and oxygen atoms in total. The van der Waals surface area contributed by atoms with E-state index in [0.717, 1.165) is 5.56 Å². The number of carbonyl (C=O) groups is 1. The molecule has 0 N–H and O–H groups in total. The number of alkyl halides is 6. The Morgan fingerprint density at radius 3 is 2.00 bits per heavy atom. The maximum Gasteiger partial charge on any atom is 0.416 e. The second-order valence-corrected chi connectivity index (χ2v) is 8.63. The van der Waals surface area contributed by atoms with E-state index in [2.05, 4.69) is 0 Å². The normalized spacial score (nSPS) is 11.8. The van der Waals surface area contributed by atoms with Crippen LogP contribution in [-0.2, 0) is 25.5 Å². The summed E-state index contributed by atoms with van der Waals surface area (Å²) in [7, 11) is 1.44. The molecule has 0 aliphatic rings. The molecule has 0 bridgehead atoms. The molecule has 10 heteroatoms. The minimum Gasteiger partial charge on any atom is -0.493 e. The summed E-state index contributed by atoms with van der Waals surface area (Å²) < 4.78 is 91.2. The van der Waals surface area contributed by atoms with Crippen molar-refractivity contribution in [2.75, 3.05) is 13.7 Å². The highest BCUT2D eigenvalue weighted by molar-refractivity contribution is 5.94. The summed E-state index contributed by atoms with van der Waals surface area (Å²) >= 11 is 0. The van der Waals surface area contributed by atoms with E-state index in [1.165, 1.54) is 12.0 Å². The molecule has 0 aromatic heterocycles. The fraction of sp³-hybridized carbons (Fsp3) is 0.321. The van der Waals surface area contributed by atoms with Crippen LogP contribution in [0.1, 0.15) is 52.4 Å². The quantitative estimate of drug-likeness (QED) is 0.247. The number of rotatable bonds is 10. The lowest BCUT2D eigenvalue weighted by Crippen LogP contribution is -2.32. The number of hydrogen-bond acceptors (Lipinski definition) is 3. The van der Waals surface area contributed by atoms with Gasteiger partial charge < -0.3 is 14.4 Å². The zero-order valence-corrected chi connectivity index (χ0v) is 20.8. The van der Waals surface area contributed by atoms with Crippen LogP contribution in [0.3, 0.4) is 0 Å². The van der Waals surface area contributed by atoms with E-state index >= 15 is 0 Å². The van der Waals surface area contributed by atoms with Gasteiger partial charge in [0, 0.05) is 18.7 Å². The number of unbranched alkanes of at least 4 members (excludes halogenated alkanes) is 1. The number of hydrogen-bond donors (Lipinski definition) is 0. The Kier molecular flexibility index (Phi) is 9.30. The summed E-state index contributed by atoms with van der Waals surface area (Å²) in [6.07, 6.45) is -8.93. The molecule has 0 saturated carbocycles. The Balaban J connectivity index is 1.88. The summed E-state index contributed by atoms with van der Waals surface area (Å²) in [4.78, 5) is 14.5. The number of methoxy groups -OCH3 is 1.